The summed E-state index contributed by atoms with van der Waals surface area (Å²) in [6.45, 7) is 9.65. The summed E-state index contributed by atoms with van der Waals surface area (Å²) in [5, 5.41) is 12.7. The van der Waals surface area contributed by atoms with Gasteiger partial charge in [-0.2, -0.15) is 0 Å². The Morgan fingerprint density at radius 3 is 2.53 bits per heavy atom. The van der Waals surface area contributed by atoms with E-state index in [0.717, 1.165) is 26.0 Å². The highest BCUT2D eigenvalue weighted by atomic mass is 16.5. The molecule has 0 aromatic carbocycles. The molecule has 0 aromatic rings. The summed E-state index contributed by atoms with van der Waals surface area (Å²) in [5.74, 6) is 0. The van der Waals surface area contributed by atoms with E-state index in [9.17, 15) is 5.11 Å². The topological polar surface area (TPSA) is 60.0 Å². The second kappa shape index (κ2) is 11.6. The van der Waals surface area contributed by atoms with E-state index in [-0.39, 0.29) is 18.2 Å². The average molecular weight is 277 g/mol. The van der Waals surface area contributed by atoms with Crippen LogP contribution in [0.3, 0.4) is 0 Å². The van der Waals surface area contributed by atoms with Gasteiger partial charge in [0, 0.05) is 25.9 Å². The second-order valence-corrected chi connectivity index (χ2v) is 5.09. The first-order valence-electron chi connectivity index (χ1n) is 7.12. The molecular weight excluding hydrogens is 246 g/mol. The van der Waals surface area contributed by atoms with E-state index in [1.807, 2.05) is 20.8 Å². The lowest BCUT2D eigenvalue weighted by Gasteiger charge is -2.31. The van der Waals surface area contributed by atoms with Gasteiger partial charge in [-0.05, 0) is 33.2 Å². The highest BCUT2D eigenvalue weighted by Gasteiger charge is 2.24. The molecule has 0 spiro atoms. The zero-order valence-electron chi connectivity index (χ0n) is 12.9. The molecule has 2 unspecified atom stereocenters. The first-order valence-corrected chi connectivity index (χ1v) is 7.12. The van der Waals surface area contributed by atoms with E-state index in [1.54, 1.807) is 7.11 Å². The molecule has 5 nitrogen and oxygen atoms in total. The van der Waals surface area contributed by atoms with Crippen LogP contribution in [-0.4, -0.2) is 63.4 Å². The van der Waals surface area contributed by atoms with Crippen LogP contribution in [0.1, 0.15) is 33.6 Å². The van der Waals surface area contributed by atoms with Crippen LogP contribution in [0, 0.1) is 0 Å². The Bertz CT molecular complexity index is 204. The second-order valence-electron chi connectivity index (χ2n) is 5.09. The van der Waals surface area contributed by atoms with Crippen LogP contribution in [0.2, 0.25) is 0 Å². The summed E-state index contributed by atoms with van der Waals surface area (Å²) < 4.78 is 16.0. The van der Waals surface area contributed by atoms with Crippen molar-refractivity contribution in [1.82, 2.24) is 5.32 Å². The van der Waals surface area contributed by atoms with Gasteiger partial charge in [-0.25, -0.2) is 0 Å². The maximum atomic E-state index is 9.40. The summed E-state index contributed by atoms with van der Waals surface area (Å²) in [6, 6.07) is 0. The quantitative estimate of drug-likeness (QED) is 0.495. The number of methoxy groups -OCH3 is 1. The normalized spacial score (nSPS) is 16.3. The minimum atomic E-state index is -0.270. The molecule has 19 heavy (non-hydrogen) atoms. The Morgan fingerprint density at radius 1 is 1.21 bits per heavy atom. The molecule has 0 fully saturated rings. The van der Waals surface area contributed by atoms with E-state index >= 15 is 0 Å². The first kappa shape index (κ1) is 18.8. The molecule has 0 heterocycles. The van der Waals surface area contributed by atoms with Crippen molar-refractivity contribution in [3.8, 4) is 0 Å². The fourth-order valence-corrected chi connectivity index (χ4v) is 2.03. The Balaban J connectivity index is 3.60. The Kier molecular flexibility index (Phi) is 11.5. The molecule has 0 bridgehead atoms. The van der Waals surface area contributed by atoms with Crippen LogP contribution >= 0.6 is 0 Å². The summed E-state index contributed by atoms with van der Waals surface area (Å²) in [7, 11) is 1.69. The van der Waals surface area contributed by atoms with Gasteiger partial charge in [0.1, 0.15) is 0 Å². The number of nitrogens with one attached hydrogen (secondary N) is 1. The van der Waals surface area contributed by atoms with Crippen LogP contribution in [-0.2, 0) is 14.2 Å². The van der Waals surface area contributed by atoms with Crippen molar-refractivity contribution >= 4 is 0 Å². The predicted octanol–water partition coefficient (Wildman–Crippen LogP) is 1.20. The van der Waals surface area contributed by atoms with Gasteiger partial charge in [-0.3, -0.25) is 0 Å². The van der Waals surface area contributed by atoms with E-state index in [1.165, 1.54) is 0 Å². The molecule has 2 N–H and O–H groups in total. The molecule has 5 heteroatoms. The fraction of sp³-hybridized carbons (Fsp3) is 1.00. The standard InChI is InChI=1S/C14H31NO4/c1-5-15-14(3,12-16)11-13(2)19-10-9-18-8-6-7-17-4/h13,15-16H,5-12H2,1-4H3. The molecular formula is C14H31NO4. The molecule has 116 valence electrons. The number of rotatable bonds is 13. The van der Waals surface area contributed by atoms with Gasteiger partial charge in [0.15, 0.2) is 0 Å². The summed E-state index contributed by atoms with van der Waals surface area (Å²) in [5.41, 5.74) is -0.270. The highest BCUT2D eigenvalue weighted by molar-refractivity contribution is 4.83. The lowest BCUT2D eigenvalue weighted by Crippen LogP contribution is -2.48. The predicted molar refractivity (Wildman–Crippen MR) is 76.5 cm³/mol. The number of hydrogen-bond acceptors (Lipinski definition) is 5. The number of aliphatic hydroxyl groups excluding tert-OH is 1. The Labute approximate surface area is 117 Å². The third kappa shape index (κ3) is 10.3. The highest BCUT2D eigenvalue weighted by Crippen LogP contribution is 2.13. The molecule has 0 aliphatic carbocycles. The van der Waals surface area contributed by atoms with Crippen molar-refractivity contribution in [3.05, 3.63) is 0 Å². The lowest BCUT2D eigenvalue weighted by molar-refractivity contribution is -0.00921. The van der Waals surface area contributed by atoms with Crippen molar-refractivity contribution in [2.45, 2.75) is 45.3 Å². The first-order chi connectivity index (χ1) is 9.08. The van der Waals surface area contributed by atoms with Gasteiger partial charge in [0.2, 0.25) is 0 Å². The summed E-state index contributed by atoms with van der Waals surface area (Å²) in [6.07, 6.45) is 1.79. The van der Waals surface area contributed by atoms with Gasteiger partial charge < -0.3 is 24.6 Å². The van der Waals surface area contributed by atoms with Gasteiger partial charge in [0.25, 0.3) is 0 Å². The van der Waals surface area contributed by atoms with E-state index in [2.05, 4.69) is 5.32 Å². The van der Waals surface area contributed by atoms with Gasteiger partial charge in [0.05, 0.1) is 25.9 Å². The lowest BCUT2D eigenvalue weighted by atomic mass is 9.96. The van der Waals surface area contributed by atoms with Crippen molar-refractivity contribution in [2.75, 3.05) is 46.7 Å². The van der Waals surface area contributed by atoms with Crippen molar-refractivity contribution in [3.63, 3.8) is 0 Å². The van der Waals surface area contributed by atoms with Crippen molar-refractivity contribution in [1.29, 1.82) is 0 Å². The molecule has 2 atom stereocenters. The monoisotopic (exact) mass is 277 g/mol. The van der Waals surface area contributed by atoms with Crippen LogP contribution < -0.4 is 5.32 Å². The molecule has 0 aliphatic rings. The molecule has 0 rings (SSSR count). The SMILES string of the molecule is CCNC(C)(CO)CC(C)OCCOCCCOC. The summed E-state index contributed by atoms with van der Waals surface area (Å²) in [4.78, 5) is 0. The van der Waals surface area contributed by atoms with E-state index in [4.69, 9.17) is 14.2 Å². The molecule has 0 saturated heterocycles. The third-order valence-electron chi connectivity index (χ3n) is 2.96. The van der Waals surface area contributed by atoms with Crippen LogP contribution in [0.4, 0.5) is 0 Å². The van der Waals surface area contributed by atoms with Crippen LogP contribution in [0.15, 0.2) is 0 Å². The molecule has 0 aliphatic heterocycles. The van der Waals surface area contributed by atoms with E-state index in [0.29, 0.717) is 19.8 Å². The maximum absolute atomic E-state index is 9.40. The molecule has 0 radical (unpaired) electrons. The van der Waals surface area contributed by atoms with Gasteiger partial charge in [-0.15, -0.1) is 0 Å². The number of likely N-dealkylation sites (N-methyl/N-ethyl adjacent to an activating group) is 1. The summed E-state index contributed by atoms with van der Waals surface area (Å²) >= 11 is 0. The van der Waals surface area contributed by atoms with Crippen molar-refractivity contribution < 1.29 is 19.3 Å². The number of ether oxygens (including phenoxy) is 3. The number of hydrogen-bond donors (Lipinski definition) is 2. The Morgan fingerprint density at radius 2 is 1.95 bits per heavy atom. The average Bonchev–Trinajstić information content (AvgIpc) is 2.38. The van der Waals surface area contributed by atoms with Crippen molar-refractivity contribution in [2.24, 2.45) is 0 Å². The Hall–Kier alpha value is -0.200. The molecule has 0 amide bonds. The van der Waals surface area contributed by atoms with Gasteiger partial charge >= 0.3 is 0 Å². The molecule has 0 aromatic heterocycles. The minimum Gasteiger partial charge on any atom is -0.394 e. The largest absolute Gasteiger partial charge is 0.394 e. The smallest absolute Gasteiger partial charge is 0.0704 e. The van der Waals surface area contributed by atoms with Crippen LogP contribution in [0.5, 0.6) is 0 Å². The number of aliphatic hydroxyl groups is 1. The molecule has 0 saturated carbocycles. The minimum absolute atomic E-state index is 0.0961. The van der Waals surface area contributed by atoms with Crippen LogP contribution in [0.25, 0.3) is 0 Å². The maximum Gasteiger partial charge on any atom is 0.0704 e. The fourth-order valence-electron chi connectivity index (χ4n) is 2.03. The van der Waals surface area contributed by atoms with E-state index < -0.39 is 0 Å². The zero-order chi connectivity index (χ0) is 14.6. The zero-order valence-corrected chi connectivity index (χ0v) is 12.9. The third-order valence-corrected chi connectivity index (χ3v) is 2.96. The van der Waals surface area contributed by atoms with Gasteiger partial charge in [-0.1, -0.05) is 6.92 Å².